The second-order valence-electron chi connectivity index (χ2n) is 6.05. The van der Waals surface area contributed by atoms with Gasteiger partial charge in [0.25, 0.3) is 0 Å². The number of hydrogen-bond acceptors (Lipinski definition) is 3. The van der Waals surface area contributed by atoms with Crippen molar-refractivity contribution < 1.29 is 4.74 Å². The van der Waals surface area contributed by atoms with Crippen molar-refractivity contribution in [2.75, 3.05) is 25.2 Å². The lowest BCUT2D eigenvalue weighted by Gasteiger charge is -2.19. The summed E-state index contributed by atoms with van der Waals surface area (Å²) in [6.45, 7) is 2.41. The maximum Gasteiger partial charge on any atom is 0.0941 e. The molecule has 0 saturated carbocycles. The predicted octanol–water partition coefficient (Wildman–Crippen LogP) is 4.84. The Bertz CT molecular complexity index is 670. The average Bonchev–Trinajstić information content (AvgIpc) is 2.98. The summed E-state index contributed by atoms with van der Waals surface area (Å²) < 4.78 is 7.06. The molecule has 0 saturated heterocycles. The van der Waals surface area contributed by atoms with Gasteiger partial charge in [0.1, 0.15) is 0 Å². The summed E-state index contributed by atoms with van der Waals surface area (Å²) in [5, 5.41) is 0. The van der Waals surface area contributed by atoms with Gasteiger partial charge in [0.2, 0.25) is 0 Å². The fraction of sp³-hybridized carbons (Fsp3) is 0.300. The minimum absolute atomic E-state index is 0.696. The Morgan fingerprint density at radius 3 is 2.54 bits per heavy atom. The molecule has 0 unspecified atom stereocenters. The van der Waals surface area contributed by atoms with Crippen molar-refractivity contribution in [3.8, 4) is 0 Å². The molecule has 0 spiro atoms. The molecule has 126 valence electrons. The molecule has 0 aliphatic carbocycles. The van der Waals surface area contributed by atoms with Gasteiger partial charge in [0.15, 0.2) is 0 Å². The van der Waals surface area contributed by atoms with Crippen molar-refractivity contribution in [2.45, 2.75) is 19.4 Å². The van der Waals surface area contributed by atoms with Gasteiger partial charge >= 0.3 is 0 Å². The normalized spacial score (nSPS) is 14.2. The van der Waals surface area contributed by atoms with E-state index in [1.807, 2.05) is 0 Å². The molecule has 3 rings (SSSR count). The summed E-state index contributed by atoms with van der Waals surface area (Å²) in [7, 11) is 2.15. The van der Waals surface area contributed by atoms with Gasteiger partial charge < -0.3 is 14.5 Å². The van der Waals surface area contributed by atoms with E-state index in [1.54, 1.807) is 0 Å². The van der Waals surface area contributed by atoms with Crippen molar-refractivity contribution in [1.82, 2.24) is 4.90 Å². The highest BCUT2D eigenvalue weighted by Gasteiger charge is 2.17. The predicted molar refractivity (Wildman–Crippen MR) is 108 cm³/mol. The average molecular weight is 434 g/mol. The highest BCUT2D eigenvalue weighted by atomic mass is 127. The van der Waals surface area contributed by atoms with Crippen LogP contribution in [-0.4, -0.2) is 25.2 Å². The topological polar surface area (TPSA) is 15.7 Å². The molecule has 0 amide bonds. The van der Waals surface area contributed by atoms with E-state index in [2.05, 4.69) is 100 Å². The van der Waals surface area contributed by atoms with Crippen LogP contribution in [0.15, 0.2) is 66.5 Å². The van der Waals surface area contributed by atoms with Crippen LogP contribution in [0.5, 0.6) is 0 Å². The number of para-hydroxylation sites is 1. The summed E-state index contributed by atoms with van der Waals surface area (Å²) in [6, 6.07) is 19.0. The van der Waals surface area contributed by atoms with Crippen LogP contribution in [0.25, 0.3) is 0 Å². The van der Waals surface area contributed by atoms with Crippen LogP contribution in [0.1, 0.15) is 18.4 Å². The number of halogens is 1. The first kappa shape index (κ1) is 17.3. The van der Waals surface area contributed by atoms with Gasteiger partial charge in [-0.2, -0.15) is 0 Å². The van der Waals surface area contributed by atoms with E-state index >= 15 is 0 Å². The number of ether oxygens (including phenoxy) is 1. The minimum atomic E-state index is 0.696. The Hall–Kier alpha value is -1.53. The smallest absolute Gasteiger partial charge is 0.0941 e. The first-order valence-corrected chi connectivity index (χ1v) is 9.36. The Labute approximate surface area is 158 Å². The molecular weight excluding hydrogens is 411 g/mol. The summed E-state index contributed by atoms with van der Waals surface area (Å²) in [4.78, 5) is 4.61. The third kappa shape index (κ3) is 4.74. The maximum atomic E-state index is 5.80. The molecule has 3 nitrogen and oxygen atoms in total. The molecule has 2 aromatic rings. The lowest BCUT2D eigenvalue weighted by molar-refractivity contribution is 0.117. The van der Waals surface area contributed by atoms with Crippen molar-refractivity contribution in [3.63, 3.8) is 0 Å². The van der Waals surface area contributed by atoms with Crippen LogP contribution in [0.4, 0.5) is 5.69 Å². The Balaban J connectivity index is 1.42. The van der Waals surface area contributed by atoms with E-state index in [0.717, 1.165) is 26.1 Å². The van der Waals surface area contributed by atoms with Crippen molar-refractivity contribution >= 4 is 28.3 Å². The SMILES string of the molecule is CN1CN(c2ccccc2)C=C1CCCOCc1ccc(I)cc1. The first-order valence-electron chi connectivity index (χ1n) is 8.28. The maximum absolute atomic E-state index is 5.80. The van der Waals surface area contributed by atoms with E-state index in [-0.39, 0.29) is 0 Å². The summed E-state index contributed by atoms with van der Waals surface area (Å²) in [5.74, 6) is 0. The van der Waals surface area contributed by atoms with E-state index in [0.29, 0.717) is 6.61 Å². The molecule has 2 aromatic carbocycles. The van der Waals surface area contributed by atoms with E-state index in [1.165, 1.54) is 20.5 Å². The second-order valence-corrected chi connectivity index (χ2v) is 7.29. The van der Waals surface area contributed by atoms with Gasteiger partial charge in [-0.15, -0.1) is 0 Å². The number of allylic oxidation sites excluding steroid dienone is 1. The van der Waals surface area contributed by atoms with Gasteiger partial charge in [-0.05, 0) is 65.3 Å². The zero-order valence-corrected chi connectivity index (χ0v) is 16.1. The highest BCUT2D eigenvalue weighted by Crippen LogP contribution is 2.24. The van der Waals surface area contributed by atoms with Gasteiger partial charge in [0.05, 0.1) is 13.3 Å². The van der Waals surface area contributed by atoms with Crippen LogP contribution in [0, 0.1) is 3.57 Å². The Morgan fingerprint density at radius 1 is 1.04 bits per heavy atom. The molecule has 24 heavy (non-hydrogen) atoms. The van der Waals surface area contributed by atoms with Crippen LogP contribution < -0.4 is 4.90 Å². The molecule has 0 bridgehead atoms. The summed E-state index contributed by atoms with van der Waals surface area (Å²) >= 11 is 2.32. The van der Waals surface area contributed by atoms with E-state index in [4.69, 9.17) is 4.74 Å². The molecular formula is C20H23IN2O. The molecule has 4 heteroatoms. The quantitative estimate of drug-likeness (QED) is 0.458. The van der Waals surface area contributed by atoms with Gasteiger partial charge in [0, 0.05) is 34.8 Å². The monoisotopic (exact) mass is 434 g/mol. The zero-order chi connectivity index (χ0) is 16.8. The molecule has 1 aliphatic heterocycles. The van der Waals surface area contributed by atoms with Crippen LogP contribution in [0.3, 0.4) is 0 Å². The van der Waals surface area contributed by atoms with E-state index in [9.17, 15) is 0 Å². The number of benzene rings is 2. The third-order valence-electron chi connectivity index (χ3n) is 4.15. The lowest BCUT2D eigenvalue weighted by Crippen LogP contribution is -2.23. The molecule has 0 aromatic heterocycles. The number of nitrogens with zero attached hydrogens (tertiary/aromatic N) is 2. The van der Waals surface area contributed by atoms with Gasteiger partial charge in [-0.25, -0.2) is 0 Å². The molecule has 1 aliphatic rings. The standard InChI is InChI=1S/C20H23IN2O/c1-22-16-23(19-6-3-2-4-7-19)14-20(22)8-5-13-24-15-17-9-11-18(21)12-10-17/h2-4,6-7,9-12,14H,5,8,13,15-16H2,1H3. The third-order valence-corrected chi connectivity index (χ3v) is 4.87. The van der Waals surface area contributed by atoms with Crippen LogP contribution in [0.2, 0.25) is 0 Å². The summed E-state index contributed by atoms with van der Waals surface area (Å²) in [6.07, 6.45) is 4.35. The van der Waals surface area contributed by atoms with Crippen LogP contribution in [-0.2, 0) is 11.3 Å². The first-order chi connectivity index (χ1) is 11.7. The number of hydrogen-bond donors (Lipinski definition) is 0. The highest BCUT2D eigenvalue weighted by molar-refractivity contribution is 14.1. The second kappa shape index (κ2) is 8.53. The van der Waals surface area contributed by atoms with E-state index < -0.39 is 0 Å². The summed E-state index contributed by atoms with van der Waals surface area (Å²) in [5.41, 5.74) is 3.86. The zero-order valence-electron chi connectivity index (χ0n) is 14.0. The molecule has 1 heterocycles. The van der Waals surface area contributed by atoms with Gasteiger partial charge in [-0.1, -0.05) is 30.3 Å². The molecule has 0 radical (unpaired) electrons. The van der Waals surface area contributed by atoms with Crippen molar-refractivity contribution in [2.24, 2.45) is 0 Å². The largest absolute Gasteiger partial charge is 0.377 e. The Kier molecular flexibility index (Phi) is 6.15. The van der Waals surface area contributed by atoms with Crippen LogP contribution >= 0.6 is 22.6 Å². The van der Waals surface area contributed by atoms with Crippen molar-refractivity contribution in [3.05, 3.63) is 75.6 Å². The van der Waals surface area contributed by atoms with Gasteiger partial charge in [-0.3, -0.25) is 0 Å². The fourth-order valence-electron chi connectivity index (χ4n) is 2.80. The lowest BCUT2D eigenvalue weighted by atomic mass is 10.2. The molecule has 0 atom stereocenters. The number of rotatable bonds is 7. The fourth-order valence-corrected chi connectivity index (χ4v) is 3.16. The van der Waals surface area contributed by atoms with Crippen molar-refractivity contribution in [1.29, 1.82) is 0 Å². The minimum Gasteiger partial charge on any atom is -0.377 e. The number of anilines is 1. The molecule has 0 fully saturated rings. The molecule has 0 N–H and O–H groups in total. The Morgan fingerprint density at radius 2 is 1.79 bits per heavy atom.